The third-order valence-electron chi connectivity index (χ3n) is 1.46. The smallest absolute Gasteiger partial charge is 0.180 e. The molecule has 0 atom stereocenters. The summed E-state index contributed by atoms with van der Waals surface area (Å²) < 4.78 is 15.2. The molecule has 0 aromatic heterocycles. The number of hydrogen-bond donors (Lipinski definition) is 0. The molecule has 0 saturated heterocycles. The fraction of sp³-hybridized carbons (Fsp3) is 1.00. The molecule has 0 aliphatic carbocycles. The first-order valence-electron chi connectivity index (χ1n) is 3.98. The standard InChI is InChI=1S/C8H19NO3/c1-9(2)5-6-12-7-8(10-3)11-4/h8H,5-7H2,1-4H3. The van der Waals surface area contributed by atoms with E-state index in [1.165, 1.54) is 0 Å². The zero-order valence-corrected chi connectivity index (χ0v) is 8.37. The van der Waals surface area contributed by atoms with Crippen LogP contribution in [-0.4, -0.2) is 59.3 Å². The molecule has 0 aromatic rings. The highest BCUT2D eigenvalue weighted by atomic mass is 16.7. The van der Waals surface area contributed by atoms with E-state index in [4.69, 9.17) is 14.2 Å². The van der Waals surface area contributed by atoms with E-state index in [1.807, 2.05) is 14.1 Å². The van der Waals surface area contributed by atoms with Gasteiger partial charge in [0.05, 0.1) is 13.2 Å². The van der Waals surface area contributed by atoms with Gasteiger partial charge in [0.15, 0.2) is 6.29 Å². The van der Waals surface area contributed by atoms with Gasteiger partial charge in [-0.2, -0.15) is 0 Å². The van der Waals surface area contributed by atoms with E-state index in [0.29, 0.717) is 13.2 Å². The van der Waals surface area contributed by atoms with Gasteiger partial charge in [-0.1, -0.05) is 0 Å². The quantitative estimate of drug-likeness (QED) is 0.410. The summed E-state index contributed by atoms with van der Waals surface area (Å²) in [5.41, 5.74) is 0. The molecular weight excluding hydrogens is 158 g/mol. The molecule has 0 heterocycles. The summed E-state index contributed by atoms with van der Waals surface area (Å²) in [7, 11) is 7.22. The van der Waals surface area contributed by atoms with Gasteiger partial charge in [0.1, 0.15) is 0 Å². The Bertz CT molecular complexity index is 94.3. The van der Waals surface area contributed by atoms with Gasteiger partial charge in [0.2, 0.25) is 0 Å². The van der Waals surface area contributed by atoms with Crippen molar-refractivity contribution in [2.45, 2.75) is 6.29 Å². The zero-order valence-electron chi connectivity index (χ0n) is 8.37. The minimum atomic E-state index is -0.243. The molecule has 0 N–H and O–H groups in total. The van der Waals surface area contributed by atoms with Crippen LogP contribution in [0, 0.1) is 0 Å². The Morgan fingerprint density at radius 3 is 2.17 bits per heavy atom. The molecular formula is C8H19NO3. The van der Waals surface area contributed by atoms with Crippen LogP contribution in [0.3, 0.4) is 0 Å². The van der Waals surface area contributed by atoms with Crippen LogP contribution in [0.5, 0.6) is 0 Å². The van der Waals surface area contributed by atoms with Gasteiger partial charge >= 0.3 is 0 Å². The maximum absolute atomic E-state index is 5.30. The monoisotopic (exact) mass is 177 g/mol. The summed E-state index contributed by atoms with van der Waals surface area (Å²) in [5.74, 6) is 0. The fourth-order valence-electron chi connectivity index (χ4n) is 0.659. The van der Waals surface area contributed by atoms with Crippen LogP contribution in [-0.2, 0) is 14.2 Å². The van der Waals surface area contributed by atoms with E-state index >= 15 is 0 Å². The molecule has 0 radical (unpaired) electrons. The maximum atomic E-state index is 5.30. The summed E-state index contributed by atoms with van der Waals surface area (Å²) in [6.45, 7) is 2.11. The Kier molecular flexibility index (Phi) is 7.39. The van der Waals surface area contributed by atoms with E-state index in [1.54, 1.807) is 14.2 Å². The largest absolute Gasteiger partial charge is 0.375 e. The van der Waals surface area contributed by atoms with E-state index in [0.717, 1.165) is 6.54 Å². The second kappa shape index (κ2) is 7.49. The Hall–Kier alpha value is -0.160. The lowest BCUT2D eigenvalue weighted by Gasteiger charge is -2.14. The van der Waals surface area contributed by atoms with Crippen molar-refractivity contribution in [1.82, 2.24) is 4.90 Å². The molecule has 0 spiro atoms. The van der Waals surface area contributed by atoms with E-state index < -0.39 is 0 Å². The number of hydrogen-bond acceptors (Lipinski definition) is 4. The van der Waals surface area contributed by atoms with Crippen molar-refractivity contribution in [2.75, 3.05) is 48.1 Å². The molecule has 12 heavy (non-hydrogen) atoms. The van der Waals surface area contributed by atoms with Crippen molar-refractivity contribution in [3.8, 4) is 0 Å². The van der Waals surface area contributed by atoms with Gasteiger partial charge in [-0.15, -0.1) is 0 Å². The maximum Gasteiger partial charge on any atom is 0.180 e. The highest BCUT2D eigenvalue weighted by Gasteiger charge is 2.03. The lowest BCUT2D eigenvalue weighted by molar-refractivity contribution is -0.140. The van der Waals surface area contributed by atoms with Gasteiger partial charge in [0, 0.05) is 20.8 Å². The molecule has 0 aliphatic heterocycles. The van der Waals surface area contributed by atoms with Gasteiger partial charge in [-0.05, 0) is 14.1 Å². The Morgan fingerprint density at radius 2 is 1.75 bits per heavy atom. The lowest BCUT2D eigenvalue weighted by Crippen LogP contribution is -2.24. The van der Waals surface area contributed by atoms with Crippen molar-refractivity contribution in [2.24, 2.45) is 0 Å². The predicted octanol–water partition coefficient (Wildman–Crippen LogP) is 0.183. The molecule has 0 fully saturated rings. The predicted molar refractivity (Wildman–Crippen MR) is 47.2 cm³/mol. The minimum Gasteiger partial charge on any atom is -0.375 e. The first-order valence-corrected chi connectivity index (χ1v) is 3.98. The molecule has 0 aliphatic rings. The zero-order chi connectivity index (χ0) is 9.40. The van der Waals surface area contributed by atoms with Crippen molar-refractivity contribution in [3.63, 3.8) is 0 Å². The lowest BCUT2D eigenvalue weighted by atomic mass is 10.6. The van der Waals surface area contributed by atoms with Crippen LogP contribution in [0.1, 0.15) is 0 Å². The van der Waals surface area contributed by atoms with Gasteiger partial charge < -0.3 is 19.1 Å². The van der Waals surface area contributed by atoms with E-state index in [9.17, 15) is 0 Å². The molecule has 4 heteroatoms. The Morgan fingerprint density at radius 1 is 1.17 bits per heavy atom. The van der Waals surface area contributed by atoms with Crippen LogP contribution < -0.4 is 0 Å². The fourth-order valence-corrected chi connectivity index (χ4v) is 0.659. The molecule has 0 amide bonds. The summed E-state index contributed by atoms with van der Waals surface area (Å²) >= 11 is 0. The number of rotatable bonds is 7. The highest BCUT2D eigenvalue weighted by molar-refractivity contribution is 4.42. The van der Waals surface area contributed by atoms with Crippen LogP contribution in [0.2, 0.25) is 0 Å². The molecule has 0 unspecified atom stereocenters. The normalized spacial score (nSPS) is 11.5. The van der Waals surface area contributed by atoms with E-state index in [2.05, 4.69) is 4.90 Å². The first kappa shape index (κ1) is 11.8. The van der Waals surface area contributed by atoms with Crippen LogP contribution in [0.25, 0.3) is 0 Å². The van der Waals surface area contributed by atoms with Crippen LogP contribution >= 0.6 is 0 Å². The minimum absolute atomic E-state index is 0.243. The van der Waals surface area contributed by atoms with Crippen molar-refractivity contribution in [1.29, 1.82) is 0 Å². The Balaban J connectivity index is 3.17. The number of likely N-dealkylation sites (N-methyl/N-ethyl adjacent to an activating group) is 1. The molecule has 0 rings (SSSR count). The summed E-state index contributed by atoms with van der Waals surface area (Å²) in [6.07, 6.45) is -0.243. The highest BCUT2D eigenvalue weighted by Crippen LogP contribution is 1.91. The topological polar surface area (TPSA) is 30.9 Å². The van der Waals surface area contributed by atoms with Gasteiger partial charge in [0.25, 0.3) is 0 Å². The summed E-state index contributed by atoms with van der Waals surface area (Å²) in [4.78, 5) is 2.06. The third kappa shape index (κ3) is 6.54. The summed E-state index contributed by atoms with van der Waals surface area (Å²) in [5, 5.41) is 0. The van der Waals surface area contributed by atoms with Crippen molar-refractivity contribution < 1.29 is 14.2 Å². The second-order valence-corrected chi connectivity index (χ2v) is 2.78. The Labute approximate surface area is 74.4 Å². The van der Waals surface area contributed by atoms with Crippen molar-refractivity contribution >= 4 is 0 Å². The average Bonchev–Trinajstić information content (AvgIpc) is 2.04. The molecule has 0 aromatic carbocycles. The first-order chi connectivity index (χ1) is 5.70. The SMILES string of the molecule is COC(COCCN(C)C)OC. The number of ether oxygens (including phenoxy) is 3. The number of nitrogens with zero attached hydrogens (tertiary/aromatic N) is 1. The van der Waals surface area contributed by atoms with Gasteiger partial charge in [-0.3, -0.25) is 0 Å². The molecule has 0 saturated carbocycles. The molecule has 74 valence electrons. The summed E-state index contributed by atoms with van der Waals surface area (Å²) in [6, 6.07) is 0. The number of methoxy groups -OCH3 is 2. The van der Waals surface area contributed by atoms with E-state index in [-0.39, 0.29) is 6.29 Å². The van der Waals surface area contributed by atoms with Crippen molar-refractivity contribution in [3.05, 3.63) is 0 Å². The average molecular weight is 177 g/mol. The van der Waals surface area contributed by atoms with Crippen LogP contribution in [0.15, 0.2) is 0 Å². The van der Waals surface area contributed by atoms with Crippen LogP contribution in [0.4, 0.5) is 0 Å². The van der Waals surface area contributed by atoms with Gasteiger partial charge in [-0.25, -0.2) is 0 Å². The molecule has 4 nitrogen and oxygen atoms in total. The second-order valence-electron chi connectivity index (χ2n) is 2.78. The third-order valence-corrected chi connectivity index (χ3v) is 1.46. The molecule has 0 bridgehead atoms.